The van der Waals surface area contributed by atoms with Gasteiger partial charge in [0, 0.05) is 16.5 Å². The van der Waals surface area contributed by atoms with Crippen molar-refractivity contribution in [1.29, 1.82) is 0 Å². The topological polar surface area (TPSA) is 0 Å². The molecule has 0 spiro atoms. The number of rotatable bonds is 3. The molecule has 4 rings (SSSR count). The average Bonchev–Trinajstić information content (AvgIpc) is 2.72. The molecular weight excluding hydrogens is 390 g/mol. The molecule has 0 atom stereocenters. The monoisotopic (exact) mass is 411 g/mol. The van der Waals surface area contributed by atoms with E-state index in [4.69, 9.17) is 0 Å². The van der Waals surface area contributed by atoms with Crippen molar-refractivity contribution in [2.24, 2.45) is 0 Å². The van der Waals surface area contributed by atoms with Gasteiger partial charge in [-0.1, -0.05) is 97.9 Å². The van der Waals surface area contributed by atoms with Gasteiger partial charge >= 0.3 is 0 Å². The van der Waals surface area contributed by atoms with Crippen LogP contribution in [0.2, 0.25) is 0 Å². The van der Waals surface area contributed by atoms with E-state index in [1.165, 1.54) is 21.5 Å². The molecule has 4 aromatic rings. The molecule has 0 aliphatic heterocycles. The largest absolute Gasteiger partial charge is 0.181 e. The summed E-state index contributed by atoms with van der Waals surface area (Å²) in [6.07, 6.45) is 0. The van der Waals surface area contributed by atoms with Crippen LogP contribution in [0.25, 0.3) is 0 Å². The van der Waals surface area contributed by atoms with Crippen molar-refractivity contribution in [3.8, 4) is 0 Å². The van der Waals surface area contributed by atoms with E-state index in [9.17, 15) is 0 Å². The van der Waals surface area contributed by atoms with Crippen molar-refractivity contribution in [3.63, 3.8) is 0 Å². The van der Waals surface area contributed by atoms with Crippen molar-refractivity contribution < 1.29 is 16.5 Å². The standard InChI is InChI=1S/C18H15P.C7H7.Ni/c1-4-10-16(11-5-1)19(17-12-6-2-7-13-17)18-14-8-3-9-15-18;1-7-5-3-2-4-6-7;/h1-15H;2-5H,1H3;/q;-1;. The second kappa shape index (κ2) is 11.5. The molecule has 0 fully saturated rings. The maximum absolute atomic E-state index is 3.03. The third-order valence-electron chi connectivity index (χ3n) is 3.91. The molecule has 0 heterocycles. The van der Waals surface area contributed by atoms with E-state index in [-0.39, 0.29) is 16.5 Å². The molecule has 0 bridgehead atoms. The zero-order valence-corrected chi connectivity index (χ0v) is 17.1. The van der Waals surface area contributed by atoms with Gasteiger partial charge in [-0.05, 0) is 23.8 Å². The van der Waals surface area contributed by atoms with Crippen LogP contribution >= 0.6 is 7.92 Å². The average molecular weight is 412 g/mol. The molecule has 0 saturated heterocycles. The number of hydrogen-bond acceptors (Lipinski definition) is 0. The van der Waals surface area contributed by atoms with E-state index in [0.29, 0.717) is 0 Å². The van der Waals surface area contributed by atoms with Crippen LogP contribution in [0.3, 0.4) is 0 Å². The Bertz CT molecular complexity index is 784. The van der Waals surface area contributed by atoms with Gasteiger partial charge in [0.1, 0.15) is 0 Å². The second-order valence-electron chi connectivity index (χ2n) is 5.89. The fourth-order valence-corrected chi connectivity index (χ4v) is 4.97. The van der Waals surface area contributed by atoms with Crippen LogP contribution in [-0.2, 0) is 16.5 Å². The predicted molar refractivity (Wildman–Crippen MR) is 115 cm³/mol. The third kappa shape index (κ3) is 6.48. The van der Waals surface area contributed by atoms with E-state index in [1.54, 1.807) is 0 Å². The summed E-state index contributed by atoms with van der Waals surface area (Å²) in [4.78, 5) is 0. The molecule has 0 aromatic heterocycles. The van der Waals surface area contributed by atoms with Gasteiger partial charge < -0.3 is 0 Å². The van der Waals surface area contributed by atoms with Crippen LogP contribution in [0.1, 0.15) is 5.56 Å². The Morgan fingerprint density at radius 2 is 0.889 bits per heavy atom. The number of hydrogen-bond donors (Lipinski definition) is 0. The van der Waals surface area contributed by atoms with Crippen LogP contribution in [0.15, 0.2) is 115 Å². The van der Waals surface area contributed by atoms with Gasteiger partial charge in [-0.3, -0.25) is 0 Å². The van der Waals surface area contributed by atoms with E-state index in [0.717, 1.165) is 0 Å². The molecule has 0 N–H and O–H groups in total. The van der Waals surface area contributed by atoms with Gasteiger partial charge in [-0.25, -0.2) is 0 Å². The molecule has 4 aromatic carbocycles. The second-order valence-corrected chi connectivity index (χ2v) is 8.11. The Kier molecular flexibility index (Phi) is 8.99. The van der Waals surface area contributed by atoms with Gasteiger partial charge in [0.2, 0.25) is 0 Å². The van der Waals surface area contributed by atoms with Gasteiger partial charge in [0.25, 0.3) is 0 Å². The van der Waals surface area contributed by atoms with E-state index in [2.05, 4.69) is 97.1 Å². The van der Waals surface area contributed by atoms with Crippen LogP contribution in [-0.4, -0.2) is 0 Å². The van der Waals surface area contributed by atoms with Crippen LogP contribution in [0.4, 0.5) is 0 Å². The summed E-state index contributed by atoms with van der Waals surface area (Å²) in [5, 5.41) is 4.19. The Morgan fingerprint density at radius 3 is 1.15 bits per heavy atom. The molecule has 0 aliphatic carbocycles. The minimum atomic E-state index is -0.446. The molecule has 0 aliphatic rings. The minimum Gasteiger partial charge on any atom is -0.181 e. The Balaban J connectivity index is 0.000000278. The molecule has 0 nitrogen and oxygen atoms in total. The van der Waals surface area contributed by atoms with Crippen molar-refractivity contribution in [1.82, 2.24) is 0 Å². The van der Waals surface area contributed by atoms with Crippen molar-refractivity contribution in [3.05, 3.63) is 127 Å². The molecular formula is C25H22NiP-. The van der Waals surface area contributed by atoms with Gasteiger partial charge in [-0.2, -0.15) is 35.9 Å². The van der Waals surface area contributed by atoms with Crippen molar-refractivity contribution >= 4 is 23.8 Å². The van der Waals surface area contributed by atoms with Gasteiger partial charge in [-0.15, -0.1) is 0 Å². The van der Waals surface area contributed by atoms with E-state index >= 15 is 0 Å². The summed E-state index contributed by atoms with van der Waals surface area (Å²) in [6, 6.07) is 43.3. The first-order chi connectivity index (χ1) is 12.8. The zero-order valence-electron chi connectivity index (χ0n) is 15.2. The van der Waals surface area contributed by atoms with Crippen molar-refractivity contribution in [2.75, 3.05) is 0 Å². The predicted octanol–water partition coefficient (Wildman–Crippen LogP) is 5.24. The molecule has 2 heteroatoms. The third-order valence-corrected chi connectivity index (χ3v) is 6.35. The molecule has 0 radical (unpaired) electrons. The number of aryl methyl sites for hydroxylation is 1. The first kappa shape index (κ1) is 21.1. The molecule has 0 saturated carbocycles. The molecule has 27 heavy (non-hydrogen) atoms. The first-order valence-corrected chi connectivity index (χ1v) is 10.1. The fraction of sp³-hybridized carbons (Fsp3) is 0.0400. The quantitative estimate of drug-likeness (QED) is 0.246. The van der Waals surface area contributed by atoms with Gasteiger partial charge in [0.15, 0.2) is 0 Å². The first-order valence-electron chi connectivity index (χ1n) is 8.73. The van der Waals surface area contributed by atoms with Gasteiger partial charge in [0.05, 0.1) is 0 Å². The molecule has 0 amide bonds. The summed E-state index contributed by atoms with van der Waals surface area (Å²) >= 11 is 0. The zero-order chi connectivity index (χ0) is 18.0. The molecule has 0 unspecified atom stereocenters. The van der Waals surface area contributed by atoms with Crippen LogP contribution < -0.4 is 15.9 Å². The Hall–Kier alpha value is -2.20. The van der Waals surface area contributed by atoms with Crippen molar-refractivity contribution in [2.45, 2.75) is 6.92 Å². The summed E-state index contributed by atoms with van der Waals surface area (Å²) in [5.41, 5.74) is 1.20. The maximum atomic E-state index is 3.03. The maximum Gasteiger partial charge on any atom is 0 e. The molecule has 138 valence electrons. The fourth-order valence-electron chi connectivity index (χ4n) is 2.66. The summed E-state index contributed by atoms with van der Waals surface area (Å²) in [5.74, 6) is 0. The summed E-state index contributed by atoms with van der Waals surface area (Å²) in [6.45, 7) is 2.03. The van der Waals surface area contributed by atoms with E-state index in [1.807, 2.05) is 31.2 Å². The SMILES string of the molecule is Cc1[c-]cccc1.[Ni].c1ccc(P(c2ccccc2)c2ccccc2)cc1. The smallest absolute Gasteiger partial charge is 0 e. The van der Waals surface area contributed by atoms with Crippen LogP contribution in [0.5, 0.6) is 0 Å². The normalized spacial score (nSPS) is 9.70. The summed E-state index contributed by atoms with van der Waals surface area (Å²) in [7, 11) is -0.446. The van der Waals surface area contributed by atoms with Crippen LogP contribution in [0, 0.1) is 13.0 Å². The number of benzene rings is 4. The summed E-state index contributed by atoms with van der Waals surface area (Å²) < 4.78 is 0. The Morgan fingerprint density at radius 1 is 0.519 bits per heavy atom. The van der Waals surface area contributed by atoms with E-state index < -0.39 is 7.92 Å². The Labute approximate surface area is 174 Å². The minimum absolute atomic E-state index is 0.